The number of anilines is 1. The number of carboxylic acids is 1. The van der Waals surface area contributed by atoms with Gasteiger partial charge in [0.15, 0.2) is 0 Å². The van der Waals surface area contributed by atoms with Crippen molar-refractivity contribution in [1.29, 1.82) is 0 Å². The van der Waals surface area contributed by atoms with E-state index in [9.17, 15) is 9.59 Å². The van der Waals surface area contributed by atoms with Crippen molar-refractivity contribution in [2.24, 2.45) is 0 Å². The van der Waals surface area contributed by atoms with Crippen molar-refractivity contribution in [3.63, 3.8) is 0 Å². The molecule has 7 nitrogen and oxygen atoms in total. The van der Waals surface area contributed by atoms with Crippen LogP contribution in [0, 0.1) is 0 Å². The number of nitrogens with one attached hydrogen (secondary N) is 1. The molecule has 0 spiro atoms. The van der Waals surface area contributed by atoms with E-state index in [0.717, 1.165) is 11.0 Å². The van der Waals surface area contributed by atoms with Gasteiger partial charge in [-0.3, -0.25) is 10.1 Å². The molecule has 0 aliphatic carbocycles. The Morgan fingerprint density at radius 2 is 1.88 bits per heavy atom. The zero-order chi connectivity index (χ0) is 18.2. The maximum Gasteiger partial charge on any atom is 0.354 e. The summed E-state index contributed by atoms with van der Waals surface area (Å²) in [7, 11) is 0. The number of aromatic carboxylic acids is 1. The molecule has 0 radical (unpaired) electrons. The number of benzene rings is 1. The number of para-hydroxylation sites is 2. The summed E-state index contributed by atoms with van der Waals surface area (Å²) in [6.45, 7) is 6.06. The first-order valence-corrected chi connectivity index (χ1v) is 7.76. The van der Waals surface area contributed by atoms with Crippen molar-refractivity contribution < 1.29 is 14.7 Å². The number of carbonyl (C=O) groups excluding carboxylic acids is 1. The number of fused-ring (bicyclic) bond motifs is 1. The number of carbonyl (C=O) groups is 2. The molecule has 0 atom stereocenters. The largest absolute Gasteiger partial charge is 0.477 e. The summed E-state index contributed by atoms with van der Waals surface area (Å²) < 4.78 is 1.94. The Labute approximate surface area is 144 Å². The van der Waals surface area contributed by atoms with Crippen LogP contribution in [0.25, 0.3) is 11.0 Å². The molecule has 128 valence electrons. The molecule has 3 rings (SSSR count). The first-order valence-electron chi connectivity index (χ1n) is 7.76. The monoisotopic (exact) mass is 338 g/mol. The predicted molar refractivity (Wildman–Crippen MR) is 93.9 cm³/mol. The number of amides is 1. The molecule has 7 heteroatoms. The number of rotatable bonds is 3. The lowest BCUT2D eigenvalue weighted by Gasteiger charge is -2.24. The second-order valence-corrected chi connectivity index (χ2v) is 6.62. The van der Waals surface area contributed by atoms with Crippen LogP contribution >= 0.6 is 0 Å². The Kier molecular flexibility index (Phi) is 4.00. The minimum absolute atomic E-state index is 0.183. The van der Waals surface area contributed by atoms with Gasteiger partial charge in [-0.25, -0.2) is 14.8 Å². The quantitative estimate of drug-likeness (QED) is 0.764. The van der Waals surface area contributed by atoms with Crippen molar-refractivity contribution in [2.75, 3.05) is 5.32 Å². The fourth-order valence-corrected chi connectivity index (χ4v) is 2.65. The maximum absolute atomic E-state index is 12.6. The lowest BCUT2D eigenvalue weighted by atomic mass is 10.1. The summed E-state index contributed by atoms with van der Waals surface area (Å²) in [4.78, 5) is 31.8. The van der Waals surface area contributed by atoms with Gasteiger partial charge in [0.05, 0.1) is 11.0 Å². The summed E-state index contributed by atoms with van der Waals surface area (Å²) >= 11 is 0. The van der Waals surface area contributed by atoms with Crippen LogP contribution in [0.1, 0.15) is 41.6 Å². The van der Waals surface area contributed by atoms with Crippen molar-refractivity contribution >= 4 is 28.9 Å². The molecule has 1 amide bonds. The van der Waals surface area contributed by atoms with Gasteiger partial charge in [0.2, 0.25) is 5.95 Å². The molecule has 2 heterocycles. The third kappa shape index (κ3) is 3.21. The average molecular weight is 338 g/mol. The number of imidazole rings is 1. The first kappa shape index (κ1) is 16.6. The maximum atomic E-state index is 12.6. The Balaban J connectivity index is 2.02. The fourth-order valence-electron chi connectivity index (χ4n) is 2.65. The Hall–Kier alpha value is -3.22. The van der Waals surface area contributed by atoms with Crippen molar-refractivity contribution in [2.45, 2.75) is 26.3 Å². The molecule has 25 heavy (non-hydrogen) atoms. The predicted octanol–water partition coefficient (Wildman–Crippen LogP) is 3.14. The van der Waals surface area contributed by atoms with Gasteiger partial charge in [-0.1, -0.05) is 12.1 Å². The van der Waals surface area contributed by atoms with Gasteiger partial charge in [-0.15, -0.1) is 0 Å². The summed E-state index contributed by atoms with van der Waals surface area (Å²) in [5.74, 6) is -1.21. The minimum Gasteiger partial charge on any atom is -0.477 e. The van der Waals surface area contributed by atoms with Gasteiger partial charge in [0.25, 0.3) is 5.91 Å². The van der Waals surface area contributed by atoms with Crippen molar-refractivity contribution in [3.05, 3.63) is 53.9 Å². The smallest absolute Gasteiger partial charge is 0.354 e. The molecule has 3 aromatic rings. The molecule has 0 aliphatic rings. The molecule has 0 bridgehead atoms. The number of hydrogen-bond donors (Lipinski definition) is 2. The molecule has 0 fully saturated rings. The van der Waals surface area contributed by atoms with E-state index in [2.05, 4.69) is 15.3 Å². The van der Waals surface area contributed by atoms with Crippen LogP contribution in [0.5, 0.6) is 0 Å². The summed E-state index contributed by atoms with van der Waals surface area (Å²) in [6.07, 6.45) is 1.30. The Bertz CT molecular complexity index is 970. The van der Waals surface area contributed by atoms with E-state index in [1.54, 1.807) is 0 Å². The highest BCUT2D eigenvalue weighted by atomic mass is 16.4. The van der Waals surface area contributed by atoms with Crippen LogP contribution in [0.2, 0.25) is 0 Å². The molecule has 2 N–H and O–H groups in total. The molecule has 1 aromatic carbocycles. The second kappa shape index (κ2) is 6.01. The van der Waals surface area contributed by atoms with E-state index < -0.39 is 11.9 Å². The van der Waals surface area contributed by atoms with Crippen molar-refractivity contribution in [3.8, 4) is 0 Å². The van der Waals surface area contributed by atoms with Gasteiger partial charge in [0.1, 0.15) is 5.69 Å². The molecule has 0 saturated heterocycles. The third-order valence-electron chi connectivity index (χ3n) is 3.70. The number of aromatic nitrogens is 3. The number of carboxylic acid groups (broad SMARTS) is 1. The van der Waals surface area contributed by atoms with Crippen LogP contribution in [-0.4, -0.2) is 31.5 Å². The highest BCUT2D eigenvalue weighted by molar-refractivity contribution is 6.05. The Morgan fingerprint density at radius 3 is 2.56 bits per heavy atom. The van der Waals surface area contributed by atoms with E-state index in [-0.39, 0.29) is 16.8 Å². The van der Waals surface area contributed by atoms with E-state index in [0.29, 0.717) is 5.95 Å². The zero-order valence-corrected chi connectivity index (χ0v) is 14.1. The third-order valence-corrected chi connectivity index (χ3v) is 3.70. The van der Waals surface area contributed by atoms with Crippen LogP contribution in [0.15, 0.2) is 42.6 Å². The lowest BCUT2D eigenvalue weighted by Crippen LogP contribution is -2.26. The van der Waals surface area contributed by atoms with Crippen molar-refractivity contribution in [1.82, 2.24) is 14.5 Å². The van der Waals surface area contributed by atoms with Gasteiger partial charge in [-0.2, -0.15) is 0 Å². The molecular formula is C18H18N4O3. The number of hydrogen-bond acceptors (Lipinski definition) is 4. The zero-order valence-electron chi connectivity index (χ0n) is 14.1. The summed E-state index contributed by atoms with van der Waals surface area (Å²) in [6, 6.07) is 10.3. The standard InChI is InChI=1S/C18H18N4O3/c1-18(2,3)22-14-7-5-4-6-12(14)20-17(22)21-15(23)11-8-9-19-13(10-11)16(24)25/h4-10H,1-3H3,(H,24,25)(H,20,21,23). The highest BCUT2D eigenvalue weighted by Gasteiger charge is 2.23. The minimum atomic E-state index is -1.18. The van der Waals surface area contributed by atoms with E-state index >= 15 is 0 Å². The highest BCUT2D eigenvalue weighted by Crippen LogP contribution is 2.28. The summed E-state index contributed by atoms with van der Waals surface area (Å²) in [5, 5.41) is 11.8. The fraction of sp³-hybridized carbons (Fsp3) is 0.222. The SMILES string of the molecule is CC(C)(C)n1c(NC(=O)c2ccnc(C(=O)O)c2)nc2ccccc21. The van der Waals surface area contributed by atoms with Crippen LogP contribution in [0.4, 0.5) is 5.95 Å². The number of pyridine rings is 1. The summed E-state index contributed by atoms with van der Waals surface area (Å²) in [5.41, 5.74) is 1.40. The topological polar surface area (TPSA) is 97.1 Å². The average Bonchev–Trinajstić information content (AvgIpc) is 2.92. The lowest BCUT2D eigenvalue weighted by molar-refractivity contribution is 0.0690. The van der Waals surface area contributed by atoms with E-state index in [4.69, 9.17) is 5.11 Å². The van der Waals surface area contributed by atoms with Gasteiger partial charge in [0, 0.05) is 17.3 Å². The molecule has 0 saturated carbocycles. The normalized spacial score (nSPS) is 11.5. The molecule has 2 aromatic heterocycles. The van der Waals surface area contributed by atoms with E-state index in [1.165, 1.54) is 18.3 Å². The van der Waals surface area contributed by atoms with Gasteiger partial charge >= 0.3 is 5.97 Å². The first-order chi connectivity index (χ1) is 11.8. The molecular weight excluding hydrogens is 320 g/mol. The number of nitrogens with zero attached hydrogens (tertiary/aromatic N) is 3. The van der Waals surface area contributed by atoms with Crippen LogP contribution < -0.4 is 5.32 Å². The molecule has 0 aliphatic heterocycles. The Morgan fingerprint density at radius 1 is 1.16 bits per heavy atom. The van der Waals surface area contributed by atoms with Crippen LogP contribution in [-0.2, 0) is 5.54 Å². The van der Waals surface area contributed by atoms with E-state index in [1.807, 2.05) is 49.6 Å². The van der Waals surface area contributed by atoms with Gasteiger partial charge in [-0.05, 0) is 45.0 Å². The van der Waals surface area contributed by atoms with Crippen LogP contribution in [0.3, 0.4) is 0 Å². The second-order valence-electron chi connectivity index (χ2n) is 6.62. The van der Waals surface area contributed by atoms with Gasteiger partial charge < -0.3 is 9.67 Å². The molecule has 0 unspecified atom stereocenters.